The van der Waals surface area contributed by atoms with Crippen LogP contribution in [0, 0.1) is 0 Å². The molecule has 0 saturated carbocycles. The molecule has 0 bridgehead atoms. The van der Waals surface area contributed by atoms with E-state index in [2.05, 4.69) is 69.2 Å². The minimum Gasteiger partial charge on any atom is -0.352 e. The van der Waals surface area contributed by atoms with Gasteiger partial charge in [-0.3, -0.25) is 4.79 Å². The summed E-state index contributed by atoms with van der Waals surface area (Å²) in [6, 6.07) is 8.44. The molecule has 0 aliphatic heterocycles. The van der Waals surface area contributed by atoms with Crippen LogP contribution in [-0.2, 0) is 23.2 Å². The van der Waals surface area contributed by atoms with Crippen LogP contribution in [0.1, 0.15) is 62.4 Å². The molecular weight excluding hydrogens is 304 g/mol. The van der Waals surface area contributed by atoms with Crippen LogP contribution >= 0.6 is 11.3 Å². The molecular formula is C19H26N2OS. The number of rotatable bonds is 5. The highest BCUT2D eigenvalue weighted by atomic mass is 32.1. The average Bonchev–Trinajstić information content (AvgIpc) is 2.93. The molecule has 0 atom stereocenters. The third-order valence-electron chi connectivity index (χ3n) is 3.71. The third kappa shape index (κ3) is 5.17. The molecule has 2 rings (SSSR count). The Labute approximate surface area is 143 Å². The van der Waals surface area contributed by atoms with E-state index in [1.807, 2.05) is 5.38 Å². The number of carbonyl (C=O) groups excluding carboxylic acids is 1. The first kappa shape index (κ1) is 17.7. The van der Waals surface area contributed by atoms with Crippen molar-refractivity contribution in [3.63, 3.8) is 0 Å². The number of hydrogen-bond acceptors (Lipinski definition) is 3. The number of carbonyl (C=O) groups is 1. The van der Waals surface area contributed by atoms with Crippen molar-refractivity contribution in [1.29, 1.82) is 0 Å². The second-order valence-electron chi connectivity index (χ2n) is 7.23. The fourth-order valence-corrected chi connectivity index (χ4v) is 3.05. The highest BCUT2D eigenvalue weighted by Crippen LogP contribution is 2.22. The molecule has 1 amide bonds. The monoisotopic (exact) mass is 330 g/mol. The van der Waals surface area contributed by atoms with Crippen LogP contribution in [0.2, 0.25) is 0 Å². The predicted molar refractivity (Wildman–Crippen MR) is 96.9 cm³/mol. The van der Waals surface area contributed by atoms with E-state index in [0.29, 0.717) is 18.9 Å². The Hall–Kier alpha value is -1.68. The highest BCUT2D eigenvalue weighted by Gasteiger charge is 2.13. The van der Waals surface area contributed by atoms with Crippen molar-refractivity contribution >= 4 is 17.2 Å². The Bertz CT molecular complexity index is 651. The Balaban J connectivity index is 1.86. The first-order valence-electron chi connectivity index (χ1n) is 8.06. The van der Waals surface area contributed by atoms with Crippen LogP contribution in [0.3, 0.4) is 0 Å². The van der Waals surface area contributed by atoms with E-state index < -0.39 is 0 Å². The van der Waals surface area contributed by atoms with Crippen LogP contribution < -0.4 is 5.32 Å². The zero-order valence-corrected chi connectivity index (χ0v) is 15.5. The van der Waals surface area contributed by atoms with Crippen molar-refractivity contribution in [2.45, 2.75) is 58.9 Å². The van der Waals surface area contributed by atoms with Gasteiger partial charge in [0.15, 0.2) is 0 Å². The minimum atomic E-state index is 0.0190. The second kappa shape index (κ2) is 7.26. The van der Waals surface area contributed by atoms with Gasteiger partial charge in [-0.1, -0.05) is 58.9 Å². The molecule has 1 aromatic carbocycles. The largest absolute Gasteiger partial charge is 0.352 e. The number of amides is 1. The summed E-state index contributed by atoms with van der Waals surface area (Å²) in [5.41, 5.74) is 3.43. The molecule has 1 heterocycles. The molecule has 0 unspecified atom stereocenters. The molecule has 0 aliphatic carbocycles. The van der Waals surface area contributed by atoms with Gasteiger partial charge in [0.05, 0.1) is 17.1 Å². The number of nitrogens with one attached hydrogen (secondary N) is 1. The number of benzene rings is 1. The van der Waals surface area contributed by atoms with Gasteiger partial charge in [0, 0.05) is 17.8 Å². The highest BCUT2D eigenvalue weighted by molar-refractivity contribution is 7.09. The summed E-state index contributed by atoms with van der Waals surface area (Å²) in [7, 11) is 0. The van der Waals surface area contributed by atoms with Crippen molar-refractivity contribution < 1.29 is 4.79 Å². The second-order valence-corrected chi connectivity index (χ2v) is 8.12. The third-order valence-corrected chi connectivity index (χ3v) is 4.91. The van der Waals surface area contributed by atoms with E-state index >= 15 is 0 Å². The van der Waals surface area contributed by atoms with Crippen molar-refractivity contribution in [2.75, 3.05) is 0 Å². The molecule has 1 N–H and O–H groups in total. The summed E-state index contributed by atoms with van der Waals surface area (Å²) in [5, 5.41) is 6.04. The van der Waals surface area contributed by atoms with Crippen molar-refractivity contribution in [1.82, 2.24) is 10.3 Å². The van der Waals surface area contributed by atoms with E-state index in [-0.39, 0.29) is 11.3 Å². The van der Waals surface area contributed by atoms with Gasteiger partial charge in [-0.15, -0.1) is 11.3 Å². The Morgan fingerprint density at radius 2 is 1.87 bits per heavy atom. The van der Waals surface area contributed by atoms with Crippen molar-refractivity contribution in [3.05, 3.63) is 51.5 Å². The first-order chi connectivity index (χ1) is 10.8. The van der Waals surface area contributed by atoms with Crippen molar-refractivity contribution in [3.8, 4) is 0 Å². The summed E-state index contributed by atoms with van der Waals surface area (Å²) in [4.78, 5) is 16.5. The number of thiazole rings is 1. The van der Waals surface area contributed by atoms with Gasteiger partial charge in [0.2, 0.25) is 5.91 Å². The molecule has 3 nitrogen and oxygen atoms in total. The smallest absolute Gasteiger partial charge is 0.226 e. The average molecular weight is 330 g/mol. The molecule has 0 saturated heterocycles. The molecule has 124 valence electrons. The van der Waals surface area contributed by atoms with Crippen LogP contribution in [0.5, 0.6) is 0 Å². The summed E-state index contributed by atoms with van der Waals surface area (Å²) in [5.74, 6) is 0.434. The van der Waals surface area contributed by atoms with Gasteiger partial charge in [0.1, 0.15) is 0 Å². The lowest BCUT2D eigenvalue weighted by molar-refractivity contribution is -0.120. The lowest BCUT2D eigenvalue weighted by Crippen LogP contribution is -2.24. The topological polar surface area (TPSA) is 42.0 Å². The van der Waals surface area contributed by atoms with Gasteiger partial charge < -0.3 is 5.32 Å². The van der Waals surface area contributed by atoms with E-state index in [9.17, 15) is 4.79 Å². The van der Waals surface area contributed by atoms with E-state index in [4.69, 9.17) is 0 Å². The quantitative estimate of drug-likeness (QED) is 0.881. The molecule has 0 radical (unpaired) electrons. The van der Waals surface area contributed by atoms with Gasteiger partial charge in [0.25, 0.3) is 0 Å². The number of nitrogens with zero attached hydrogens (tertiary/aromatic N) is 1. The predicted octanol–water partition coefficient (Wildman–Crippen LogP) is 4.42. The fourth-order valence-electron chi connectivity index (χ4n) is 2.22. The summed E-state index contributed by atoms with van der Waals surface area (Å²) in [6.45, 7) is 11.4. The van der Waals surface area contributed by atoms with E-state index in [0.717, 1.165) is 16.3 Å². The van der Waals surface area contributed by atoms with Crippen molar-refractivity contribution in [2.24, 2.45) is 0 Å². The lowest BCUT2D eigenvalue weighted by Gasteiger charge is -2.19. The zero-order chi connectivity index (χ0) is 17.0. The molecule has 4 heteroatoms. The zero-order valence-electron chi connectivity index (χ0n) is 14.6. The van der Waals surface area contributed by atoms with Gasteiger partial charge >= 0.3 is 0 Å². The summed E-state index contributed by atoms with van der Waals surface area (Å²) >= 11 is 1.63. The maximum atomic E-state index is 12.0. The molecule has 1 aromatic heterocycles. The number of hydrogen-bond donors (Lipinski definition) is 1. The molecule has 23 heavy (non-hydrogen) atoms. The fraction of sp³-hybridized carbons (Fsp3) is 0.474. The van der Waals surface area contributed by atoms with E-state index in [1.165, 1.54) is 5.56 Å². The minimum absolute atomic E-state index is 0.0190. The maximum Gasteiger partial charge on any atom is 0.226 e. The lowest BCUT2D eigenvalue weighted by atomic mass is 9.87. The molecule has 0 fully saturated rings. The normalized spacial score (nSPS) is 11.7. The maximum absolute atomic E-state index is 12.0. The van der Waals surface area contributed by atoms with Gasteiger partial charge in [-0.25, -0.2) is 4.98 Å². The summed E-state index contributed by atoms with van der Waals surface area (Å²) in [6.07, 6.45) is 0.350. The Morgan fingerprint density at radius 1 is 1.22 bits per heavy atom. The van der Waals surface area contributed by atoms with Crippen LogP contribution in [0.15, 0.2) is 29.6 Å². The Morgan fingerprint density at radius 3 is 2.39 bits per heavy atom. The standard InChI is InChI=1S/C19H26N2OS/c1-13(2)18-21-16(12-23-18)10-17(22)20-11-14-6-8-15(9-7-14)19(3,4)5/h6-9,12-13H,10-11H2,1-5H3,(H,20,22). The van der Waals surface area contributed by atoms with Gasteiger partial charge in [-0.2, -0.15) is 0 Å². The SMILES string of the molecule is CC(C)c1nc(CC(=O)NCc2ccc(C(C)(C)C)cc2)cs1. The molecule has 2 aromatic rings. The van der Waals surface area contributed by atoms with E-state index in [1.54, 1.807) is 11.3 Å². The van der Waals surface area contributed by atoms with Gasteiger partial charge in [-0.05, 0) is 16.5 Å². The number of aromatic nitrogens is 1. The van der Waals surface area contributed by atoms with Crippen LogP contribution in [-0.4, -0.2) is 10.9 Å². The first-order valence-corrected chi connectivity index (χ1v) is 8.94. The summed E-state index contributed by atoms with van der Waals surface area (Å²) < 4.78 is 0. The molecule has 0 spiro atoms. The Kier molecular flexibility index (Phi) is 5.58. The van der Waals surface area contributed by atoms with Crippen LogP contribution in [0.4, 0.5) is 0 Å². The molecule has 0 aliphatic rings. The van der Waals surface area contributed by atoms with Crippen LogP contribution in [0.25, 0.3) is 0 Å².